The zero-order valence-electron chi connectivity index (χ0n) is 15.2. The Kier molecular flexibility index (Phi) is 8.32. The van der Waals surface area contributed by atoms with Crippen LogP contribution in [-0.2, 0) is 27.5 Å². The molecule has 0 aliphatic carbocycles. The summed E-state index contributed by atoms with van der Waals surface area (Å²) in [5.74, 6) is -1.18. The molecule has 8 nitrogen and oxygen atoms in total. The molecule has 0 saturated heterocycles. The van der Waals surface area contributed by atoms with Crippen molar-refractivity contribution in [3.05, 3.63) is 71.8 Å². The number of benzene rings is 2. The molecule has 2 aromatic carbocycles. The summed E-state index contributed by atoms with van der Waals surface area (Å²) >= 11 is 0. The van der Waals surface area contributed by atoms with Gasteiger partial charge in [0.25, 0.3) is 0 Å². The number of carbonyl (C=O) groups excluding carboxylic acids is 2. The minimum absolute atomic E-state index is 0.0274. The number of carboxylic acid groups (broad SMARTS) is 1. The summed E-state index contributed by atoms with van der Waals surface area (Å²) in [5, 5.41) is 11.5. The van der Waals surface area contributed by atoms with Gasteiger partial charge in [0.2, 0.25) is 0 Å². The number of carbonyl (C=O) groups is 3. The maximum absolute atomic E-state index is 12.1. The first-order valence-electron chi connectivity index (χ1n) is 8.66. The number of nitrogens with one attached hydrogen (secondary N) is 1. The smallest absolute Gasteiger partial charge is 0.410 e. The van der Waals surface area contributed by atoms with E-state index in [2.05, 4.69) is 5.32 Å². The molecule has 0 aromatic heterocycles. The molecule has 2 amide bonds. The Morgan fingerprint density at radius 3 is 1.93 bits per heavy atom. The zero-order chi connectivity index (χ0) is 20.2. The fourth-order valence-electron chi connectivity index (χ4n) is 2.28. The minimum atomic E-state index is -1.18. The molecule has 0 radical (unpaired) electrons. The van der Waals surface area contributed by atoms with Crippen molar-refractivity contribution in [3.63, 3.8) is 0 Å². The Hall–Kier alpha value is -3.55. The van der Waals surface area contributed by atoms with Gasteiger partial charge in [-0.05, 0) is 11.1 Å². The second-order valence-corrected chi connectivity index (χ2v) is 5.84. The predicted octanol–water partition coefficient (Wildman–Crippen LogP) is 2.64. The van der Waals surface area contributed by atoms with Crippen molar-refractivity contribution < 1.29 is 29.0 Å². The van der Waals surface area contributed by atoms with Crippen LogP contribution < -0.4 is 5.32 Å². The fourth-order valence-corrected chi connectivity index (χ4v) is 2.28. The van der Waals surface area contributed by atoms with E-state index in [1.165, 1.54) is 0 Å². The van der Waals surface area contributed by atoms with Crippen molar-refractivity contribution in [1.82, 2.24) is 10.2 Å². The summed E-state index contributed by atoms with van der Waals surface area (Å²) in [7, 11) is 0. The molecule has 0 spiro atoms. The van der Waals surface area contributed by atoms with E-state index in [1.807, 2.05) is 48.5 Å². The molecule has 28 heavy (non-hydrogen) atoms. The number of amides is 2. The summed E-state index contributed by atoms with van der Waals surface area (Å²) in [6, 6.07) is 18.2. The Morgan fingerprint density at radius 1 is 0.857 bits per heavy atom. The minimum Gasteiger partial charge on any atom is -0.480 e. The van der Waals surface area contributed by atoms with Crippen molar-refractivity contribution in [1.29, 1.82) is 0 Å². The van der Waals surface area contributed by atoms with Crippen molar-refractivity contribution in [2.45, 2.75) is 13.2 Å². The molecule has 148 valence electrons. The van der Waals surface area contributed by atoms with E-state index in [4.69, 9.17) is 14.6 Å². The number of hydrogen-bond donors (Lipinski definition) is 2. The summed E-state index contributed by atoms with van der Waals surface area (Å²) in [4.78, 5) is 35.8. The van der Waals surface area contributed by atoms with Gasteiger partial charge in [0, 0.05) is 13.1 Å². The van der Waals surface area contributed by atoms with Crippen molar-refractivity contribution in [3.8, 4) is 0 Å². The van der Waals surface area contributed by atoms with Gasteiger partial charge in [-0.15, -0.1) is 0 Å². The van der Waals surface area contributed by atoms with E-state index in [-0.39, 0.29) is 26.3 Å². The maximum atomic E-state index is 12.1. The summed E-state index contributed by atoms with van der Waals surface area (Å²) < 4.78 is 10.2. The maximum Gasteiger partial charge on any atom is 0.410 e. The van der Waals surface area contributed by atoms with E-state index < -0.39 is 24.7 Å². The molecule has 0 saturated carbocycles. The largest absolute Gasteiger partial charge is 0.480 e. The molecular formula is C20H22N2O6. The van der Waals surface area contributed by atoms with Gasteiger partial charge in [0.05, 0.1) is 0 Å². The van der Waals surface area contributed by atoms with Crippen molar-refractivity contribution >= 4 is 18.2 Å². The topological polar surface area (TPSA) is 105 Å². The third kappa shape index (κ3) is 7.77. The number of aliphatic carboxylic acids is 1. The second-order valence-electron chi connectivity index (χ2n) is 5.84. The first-order chi connectivity index (χ1) is 13.5. The number of hydrogen-bond acceptors (Lipinski definition) is 5. The van der Waals surface area contributed by atoms with E-state index in [9.17, 15) is 14.4 Å². The number of ether oxygens (including phenoxy) is 2. The van der Waals surface area contributed by atoms with Crippen LogP contribution in [0.2, 0.25) is 0 Å². The number of nitrogens with zero attached hydrogens (tertiary/aromatic N) is 1. The van der Waals surface area contributed by atoms with Crippen LogP contribution in [0.1, 0.15) is 11.1 Å². The van der Waals surface area contributed by atoms with Gasteiger partial charge in [-0.3, -0.25) is 9.69 Å². The first kappa shape index (κ1) is 20.8. The van der Waals surface area contributed by atoms with E-state index in [0.717, 1.165) is 16.0 Å². The number of rotatable bonds is 9. The van der Waals surface area contributed by atoms with Crippen LogP contribution in [0.25, 0.3) is 0 Å². The first-order valence-corrected chi connectivity index (χ1v) is 8.66. The highest BCUT2D eigenvalue weighted by Gasteiger charge is 2.18. The summed E-state index contributed by atoms with van der Waals surface area (Å²) in [6.07, 6.45) is -1.43. The Balaban J connectivity index is 1.75. The molecular weight excluding hydrogens is 364 g/mol. The lowest BCUT2D eigenvalue weighted by Crippen LogP contribution is -2.41. The fraction of sp³-hybridized carbons (Fsp3) is 0.250. The Morgan fingerprint density at radius 2 is 1.39 bits per heavy atom. The van der Waals surface area contributed by atoms with Crippen molar-refractivity contribution in [2.24, 2.45) is 0 Å². The summed E-state index contributed by atoms with van der Waals surface area (Å²) in [5.41, 5.74) is 1.63. The van der Waals surface area contributed by atoms with E-state index in [0.29, 0.717) is 0 Å². The number of alkyl carbamates (subject to hydrolysis) is 1. The van der Waals surface area contributed by atoms with Crippen LogP contribution in [0.15, 0.2) is 60.7 Å². The lowest BCUT2D eigenvalue weighted by molar-refractivity contribution is -0.138. The lowest BCUT2D eigenvalue weighted by Gasteiger charge is -2.20. The highest BCUT2D eigenvalue weighted by molar-refractivity contribution is 5.76. The van der Waals surface area contributed by atoms with Crippen LogP contribution >= 0.6 is 0 Å². The van der Waals surface area contributed by atoms with Crippen LogP contribution in [-0.4, -0.2) is 47.8 Å². The van der Waals surface area contributed by atoms with Crippen LogP contribution in [0.4, 0.5) is 9.59 Å². The molecule has 0 bridgehead atoms. The third-order valence-corrected chi connectivity index (χ3v) is 3.65. The molecule has 0 fully saturated rings. The molecule has 2 rings (SSSR count). The highest BCUT2D eigenvalue weighted by atomic mass is 16.6. The average Bonchev–Trinajstić information content (AvgIpc) is 2.71. The van der Waals surface area contributed by atoms with Gasteiger partial charge >= 0.3 is 18.2 Å². The molecule has 0 heterocycles. The van der Waals surface area contributed by atoms with Gasteiger partial charge in [0.1, 0.15) is 19.8 Å². The van der Waals surface area contributed by atoms with Crippen molar-refractivity contribution in [2.75, 3.05) is 19.6 Å². The lowest BCUT2D eigenvalue weighted by atomic mass is 10.2. The number of carboxylic acids is 1. The Bertz CT molecular complexity index is 767. The van der Waals surface area contributed by atoms with Gasteiger partial charge in [-0.1, -0.05) is 60.7 Å². The van der Waals surface area contributed by atoms with E-state index in [1.54, 1.807) is 12.1 Å². The molecule has 0 atom stereocenters. The van der Waals surface area contributed by atoms with Crippen LogP contribution in [0.3, 0.4) is 0 Å². The molecule has 0 aliphatic heterocycles. The van der Waals surface area contributed by atoms with E-state index >= 15 is 0 Å². The predicted molar refractivity (Wildman–Crippen MR) is 100 cm³/mol. The molecule has 2 aromatic rings. The molecule has 2 N–H and O–H groups in total. The molecule has 0 unspecified atom stereocenters. The zero-order valence-corrected chi connectivity index (χ0v) is 15.2. The van der Waals surface area contributed by atoms with Gasteiger partial charge < -0.3 is 19.9 Å². The third-order valence-electron chi connectivity index (χ3n) is 3.65. The van der Waals surface area contributed by atoms with Gasteiger partial charge in [-0.25, -0.2) is 9.59 Å². The average molecular weight is 386 g/mol. The van der Waals surface area contributed by atoms with Gasteiger partial charge in [0.15, 0.2) is 0 Å². The quantitative estimate of drug-likeness (QED) is 0.686. The SMILES string of the molecule is O=C(O)CN(CCNC(=O)OCc1ccccc1)C(=O)OCc1ccccc1. The van der Waals surface area contributed by atoms with Gasteiger partial charge in [-0.2, -0.15) is 0 Å². The van der Waals surface area contributed by atoms with Crippen LogP contribution in [0, 0.1) is 0 Å². The highest BCUT2D eigenvalue weighted by Crippen LogP contribution is 2.04. The van der Waals surface area contributed by atoms with Crippen LogP contribution in [0.5, 0.6) is 0 Å². The standard InChI is InChI=1S/C20H22N2O6/c23-18(24)13-22(20(26)28-15-17-9-5-2-6-10-17)12-11-21-19(25)27-14-16-7-3-1-4-8-16/h1-10H,11-15H2,(H,21,25)(H,23,24). The normalized spacial score (nSPS) is 10.0. The molecule has 0 aliphatic rings. The molecule has 8 heteroatoms. The monoisotopic (exact) mass is 386 g/mol. The second kappa shape index (κ2) is 11.2. The Labute approximate surface area is 162 Å². The summed E-state index contributed by atoms with van der Waals surface area (Å²) in [6.45, 7) is -0.386.